The molecule has 0 amide bonds. The molecule has 1 heterocycles. The summed E-state index contributed by atoms with van der Waals surface area (Å²) in [6.45, 7) is 2.97. The van der Waals surface area contributed by atoms with E-state index in [2.05, 4.69) is 50.2 Å². The largest absolute Gasteiger partial charge is 0.497 e. The first-order valence-corrected chi connectivity index (χ1v) is 8.90. The quantitative estimate of drug-likeness (QED) is 0.694. The molecule has 1 aromatic heterocycles. The molecule has 6 heteroatoms. The van der Waals surface area contributed by atoms with Crippen molar-refractivity contribution in [2.24, 2.45) is 0 Å². The van der Waals surface area contributed by atoms with E-state index in [0.717, 1.165) is 31.9 Å². The summed E-state index contributed by atoms with van der Waals surface area (Å²) >= 11 is 8.82. The molecule has 0 fully saturated rings. The molecule has 0 saturated heterocycles. The van der Waals surface area contributed by atoms with Crippen molar-refractivity contribution in [2.45, 2.75) is 13.0 Å². The average Bonchev–Trinajstić information content (AvgIpc) is 2.83. The van der Waals surface area contributed by atoms with Crippen LogP contribution in [0.15, 0.2) is 32.5 Å². The number of hydrogen-bond donors (Lipinski definition) is 1. The lowest BCUT2D eigenvalue weighted by atomic mass is 10.0. The Hall–Kier alpha value is -0.560. The zero-order chi connectivity index (χ0) is 15.4. The van der Waals surface area contributed by atoms with Gasteiger partial charge in [-0.2, -0.15) is 0 Å². The molecule has 2 rings (SSSR count). The summed E-state index contributed by atoms with van der Waals surface area (Å²) in [6, 6.07) is 8.20. The third kappa shape index (κ3) is 4.00. The Morgan fingerprint density at radius 2 is 1.71 bits per heavy atom. The number of thiophene rings is 1. The van der Waals surface area contributed by atoms with Crippen molar-refractivity contribution in [1.29, 1.82) is 0 Å². The topological polar surface area (TPSA) is 30.5 Å². The van der Waals surface area contributed by atoms with E-state index in [4.69, 9.17) is 9.47 Å². The maximum absolute atomic E-state index is 5.37. The van der Waals surface area contributed by atoms with Gasteiger partial charge in [-0.25, -0.2) is 0 Å². The van der Waals surface area contributed by atoms with Gasteiger partial charge >= 0.3 is 0 Å². The number of ether oxygens (including phenoxy) is 2. The highest BCUT2D eigenvalue weighted by molar-refractivity contribution is 9.13. The van der Waals surface area contributed by atoms with Crippen molar-refractivity contribution in [3.05, 3.63) is 43.0 Å². The van der Waals surface area contributed by atoms with E-state index in [0.29, 0.717) is 0 Å². The number of halogens is 2. The van der Waals surface area contributed by atoms with Crippen LogP contribution in [0.3, 0.4) is 0 Å². The molecule has 0 bridgehead atoms. The summed E-state index contributed by atoms with van der Waals surface area (Å²) in [7, 11) is 3.33. The summed E-state index contributed by atoms with van der Waals surface area (Å²) in [6.07, 6.45) is 0. The molecule has 2 aromatic rings. The van der Waals surface area contributed by atoms with Gasteiger partial charge in [-0.3, -0.25) is 0 Å². The third-order valence-electron chi connectivity index (χ3n) is 3.06. The molecule has 0 radical (unpaired) electrons. The van der Waals surface area contributed by atoms with E-state index in [1.165, 1.54) is 4.88 Å². The predicted molar refractivity (Wildman–Crippen MR) is 94.8 cm³/mol. The van der Waals surface area contributed by atoms with Crippen molar-refractivity contribution >= 4 is 43.2 Å². The monoisotopic (exact) mass is 433 g/mol. The van der Waals surface area contributed by atoms with Gasteiger partial charge < -0.3 is 14.8 Å². The van der Waals surface area contributed by atoms with E-state index >= 15 is 0 Å². The fourth-order valence-corrected chi connectivity index (χ4v) is 4.28. The van der Waals surface area contributed by atoms with Crippen LogP contribution in [0.5, 0.6) is 11.5 Å². The van der Waals surface area contributed by atoms with Crippen LogP contribution in [0.2, 0.25) is 0 Å². The summed E-state index contributed by atoms with van der Waals surface area (Å²) in [4.78, 5) is 1.23. The van der Waals surface area contributed by atoms with Crippen LogP contribution in [0.4, 0.5) is 0 Å². The Bertz CT molecular complexity index is 574. The summed E-state index contributed by atoms with van der Waals surface area (Å²) < 4.78 is 12.9. The lowest BCUT2D eigenvalue weighted by molar-refractivity contribution is 0.392. The van der Waals surface area contributed by atoms with Crippen LogP contribution in [0.1, 0.15) is 23.4 Å². The summed E-state index contributed by atoms with van der Waals surface area (Å²) in [5, 5.41) is 3.52. The third-order valence-corrected chi connectivity index (χ3v) is 6.39. The fourth-order valence-electron chi connectivity index (χ4n) is 2.09. The van der Waals surface area contributed by atoms with Crippen LogP contribution >= 0.6 is 43.2 Å². The number of hydrogen-bond acceptors (Lipinski definition) is 4. The molecule has 1 unspecified atom stereocenters. The first-order chi connectivity index (χ1) is 10.1. The van der Waals surface area contributed by atoms with E-state index < -0.39 is 0 Å². The van der Waals surface area contributed by atoms with Crippen LogP contribution < -0.4 is 14.8 Å². The van der Waals surface area contributed by atoms with Gasteiger partial charge in [0.15, 0.2) is 0 Å². The molecular formula is C15H17Br2NO2S. The van der Waals surface area contributed by atoms with Gasteiger partial charge in [-0.05, 0) is 62.2 Å². The number of rotatable bonds is 6. The molecule has 114 valence electrons. The number of methoxy groups -OCH3 is 2. The highest BCUT2D eigenvalue weighted by Gasteiger charge is 2.18. The van der Waals surface area contributed by atoms with Gasteiger partial charge in [0.1, 0.15) is 11.5 Å². The van der Waals surface area contributed by atoms with Gasteiger partial charge in [0.05, 0.1) is 24.0 Å². The molecule has 21 heavy (non-hydrogen) atoms. The Morgan fingerprint density at radius 3 is 2.14 bits per heavy atom. The van der Waals surface area contributed by atoms with Crippen molar-refractivity contribution in [3.63, 3.8) is 0 Å². The van der Waals surface area contributed by atoms with E-state index in [9.17, 15) is 0 Å². The van der Waals surface area contributed by atoms with Gasteiger partial charge in [0.2, 0.25) is 0 Å². The maximum Gasteiger partial charge on any atom is 0.122 e. The minimum atomic E-state index is 0.103. The molecule has 1 aromatic carbocycles. The Labute approximate surface area is 145 Å². The Balaban J connectivity index is 2.46. The SMILES string of the molecule is CCNC(c1cc(OC)cc(OC)c1)c1cc(Br)c(Br)s1. The zero-order valence-electron chi connectivity index (χ0n) is 12.1. The van der Waals surface area contributed by atoms with Gasteiger partial charge in [0, 0.05) is 15.4 Å². The Morgan fingerprint density at radius 1 is 1.10 bits per heavy atom. The van der Waals surface area contributed by atoms with Gasteiger partial charge in [-0.15, -0.1) is 11.3 Å². The minimum absolute atomic E-state index is 0.103. The van der Waals surface area contributed by atoms with Crippen molar-refractivity contribution in [2.75, 3.05) is 20.8 Å². The van der Waals surface area contributed by atoms with Crippen LogP contribution in [-0.2, 0) is 0 Å². The zero-order valence-corrected chi connectivity index (χ0v) is 16.1. The molecule has 1 N–H and O–H groups in total. The van der Waals surface area contributed by atoms with Gasteiger partial charge in [0.25, 0.3) is 0 Å². The molecule has 1 atom stereocenters. The van der Waals surface area contributed by atoms with Crippen molar-refractivity contribution < 1.29 is 9.47 Å². The standard InChI is InChI=1S/C15H17Br2NO2S/c1-4-18-14(13-8-12(16)15(17)21-13)9-5-10(19-2)7-11(6-9)20-3/h5-8,14,18H,4H2,1-3H3. The highest BCUT2D eigenvalue weighted by atomic mass is 79.9. The van der Waals surface area contributed by atoms with Crippen molar-refractivity contribution in [3.8, 4) is 11.5 Å². The van der Waals surface area contributed by atoms with E-state index in [-0.39, 0.29) is 6.04 Å². The molecule has 0 saturated carbocycles. The van der Waals surface area contributed by atoms with E-state index in [1.807, 2.05) is 18.2 Å². The normalized spacial score (nSPS) is 12.2. The van der Waals surface area contributed by atoms with Crippen molar-refractivity contribution in [1.82, 2.24) is 5.32 Å². The van der Waals surface area contributed by atoms with Crippen LogP contribution in [0, 0.1) is 0 Å². The minimum Gasteiger partial charge on any atom is -0.497 e. The summed E-state index contributed by atoms with van der Waals surface area (Å²) in [5.74, 6) is 1.59. The first-order valence-electron chi connectivity index (χ1n) is 6.50. The lowest BCUT2D eigenvalue weighted by Crippen LogP contribution is -2.21. The van der Waals surface area contributed by atoms with Crippen LogP contribution in [-0.4, -0.2) is 20.8 Å². The molecule has 0 spiro atoms. The molecule has 0 aliphatic rings. The number of nitrogens with one attached hydrogen (secondary N) is 1. The van der Waals surface area contributed by atoms with Crippen LogP contribution in [0.25, 0.3) is 0 Å². The lowest BCUT2D eigenvalue weighted by Gasteiger charge is -2.18. The number of benzene rings is 1. The Kier molecular flexibility index (Phi) is 6.10. The second-order valence-electron chi connectivity index (χ2n) is 4.41. The molecule has 3 nitrogen and oxygen atoms in total. The molecule has 0 aliphatic carbocycles. The first kappa shape index (κ1) is 16.8. The predicted octanol–water partition coefficient (Wildman–Crippen LogP) is 4.99. The van der Waals surface area contributed by atoms with Gasteiger partial charge in [-0.1, -0.05) is 6.92 Å². The maximum atomic E-state index is 5.37. The second-order valence-corrected chi connectivity index (χ2v) is 7.66. The average molecular weight is 435 g/mol. The van der Waals surface area contributed by atoms with E-state index in [1.54, 1.807) is 25.6 Å². The molecule has 0 aliphatic heterocycles. The molecular weight excluding hydrogens is 418 g/mol. The highest BCUT2D eigenvalue weighted by Crippen LogP contribution is 2.39. The smallest absolute Gasteiger partial charge is 0.122 e. The summed E-state index contributed by atoms with van der Waals surface area (Å²) in [5.41, 5.74) is 1.12. The fraction of sp³-hybridized carbons (Fsp3) is 0.333. The second kappa shape index (κ2) is 7.63.